The number of aryl methyl sites for hydroxylation is 1. The Morgan fingerprint density at radius 3 is 2.70 bits per heavy atom. The molecule has 2 aliphatic rings. The van der Waals surface area contributed by atoms with Gasteiger partial charge in [-0.1, -0.05) is 43.7 Å². The van der Waals surface area contributed by atoms with E-state index in [1.54, 1.807) is 30.3 Å². The van der Waals surface area contributed by atoms with Crippen molar-refractivity contribution in [1.29, 1.82) is 0 Å². The summed E-state index contributed by atoms with van der Waals surface area (Å²) in [6.07, 6.45) is 2.07. The molecule has 0 radical (unpaired) electrons. The van der Waals surface area contributed by atoms with Gasteiger partial charge in [-0.2, -0.15) is 0 Å². The minimum atomic E-state index is -0.653. The molecule has 2 aliphatic heterocycles. The zero-order chi connectivity index (χ0) is 23.7. The highest BCUT2D eigenvalue weighted by Gasteiger charge is 2.46. The summed E-state index contributed by atoms with van der Waals surface area (Å²) in [5.74, 6) is 0.384. The molecule has 0 aliphatic carbocycles. The van der Waals surface area contributed by atoms with Gasteiger partial charge in [0.2, 0.25) is 5.91 Å². The first-order valence-corrected chi connectivity index (χ1v) is 11.2. The molecule has 2 unspecified atom stereocenters. The highest BCUT2D eigenvalue weighted by Crippen LogP contribution is 2.37. The smallest absolute Gasteiger partial charge is 0.322 e. The lowest BCUT2D eigenvalue weighted by atomic mass is 9.94. The van der Waals surface area contributed by atoms with Crippen LogP contribution in [0.4, 0.5) is 4.79 Å². The summed E-state index contributed by atoms with van der Waals surface area (Å²) in [5, 5.41) is 5.85. The Hall–Kier alpha value is -3.55. The van der Waals surface area contributed by atoms with Crippen LogP contribution in [0.3, 0.4) is 0 Å². The molecule has 33 heavy (non-hydrogen) atoms. The van der Waals surface area contributed by atoms with Crippen molar-refractivity contribution in [3.63, 3.8) is 0 Å². The second-order valence-electron chi connectivity index (χ2n) is 9.09. The quantitative estimate of drug-likeness (QED) is 0.678. The fraction of sp³-hybridized carbons (Fsp3) is 0.400. The number of carbonyl (C=O) groups is 3. The van der Waals surface area contributed by atoms with Crippen molar-refractivity contribution in [1.82, 2.24) is 20.4 Å². The number of carbonyl (C=O) groups excluding carboxylic acids is 3. The van der Waals surface area contributed by atoms with Gasteiger partial charge in [-0.3, -0.25) is 14.5 Å². The maximum Gasteiger partial charge on any atom is 0.322 e. The third-order valence-electron chi connectivity index (χ3n) is 6.15. The maximum atomic E-state index is 13.7. The summed E-state index contributed by atoms with van der Waals surface area (Å²) in [6.45, 7) is 6.48. The maximum absolute atomic E-state index is 13.7. The van der Waals surface area contributed by atoms with Crippen molar-refractivity contribution in [3.05, 3.63) is 70.8 Å². The monoisotopic (exact) mass is 450 g/mol. The van der Waals surface area contributed by atoms with Crippen molar-refractivity contribution in [2.24, 2.45) is 5.92 Å². The van der Waals surface area contributed by atoms with E-state index in [-0.39, 0.29) is 36.9 Å². The lowest BCUT2D eigenvalue weighted by molar-refractivity contribution is -0.137. The van der Waals surface area contributed by atoms with Crippen LogP contribution in [0.1, 0.15) is 43.2 Å². The molecule has 0 spiro atoms. The Labute approximate surface area is 193 Å². The number of amides is 4. The van der Waals surface area contributed by atoms with Crippen LogP contribution in [0.25, 0.3) is 0 Å². The minimum absolute atomic E-state index is 0.194. The van der Waals surface area contributed by atoms with E-state index in [2.05, 4.69) is 10.6 Å². The predicted molar refractivity (Wildman–Crippen MR) is 123 cm³/mol. The highest BCUT2D eigenvalue weighted by molar-refractivity contribution is 6.03. The van der Waals surface area contributed by atoms with Crippen LogP contribution in [0.15, 0.2) is 58.3 Å². The molecule has 174 valence electrons. The predicted octanol–water partition coefficient (Wildman–Crippen LogP) is 3.11. The Balaban J connectivity index is 1.62. The molecular formula is C25H30N4O4. The second-order valence-corrected chi connectivity index (χ2v) is 9.09. The molecule has 0 bridgehead atoms. The van der Waals surface area contributed by atoms with Gasteiger partial charge in [0.1, 0.15) is 11.8 Å². The van der Waals surface area contributed by atoms with Crippen LogP contribution in [0.5, 0.6) is 0 Å². The van der Waals surface area contributed by atoms with E-state index < -0.39 is 12.1 Å². The topological polar surface area (TPSA) is 94.9 Å². The first kappa shape index (κ1) is 22.6. The molecule has 4 rings (SSSR count). The number of nitrogens with one attached hydrogen (secondary N) is 2. The minimum Gasteiger partial charge on any atom is -0.467 e. The van der Waals surface area contributed by atoms with Crippen molar-refractivity contribution in [3.8, 4) is 0 Å². The third-order valence-corrected chi connectivity index (χ3v) is 6.15. The SMILES string of the molecule is Cc1cccc(C2NC(=O)N(C)C3=C2C(=O)N(C(CC(C)C)C(=O)NCc2ccco2)C3)c1. The van der Waals surface area contributed by atoms with Gasteiger partial charge in [-0.25, -0.2) is 4.79 Å². The van der Waals surface area contributed by atoms with Crippen molar-refractivity contribution >= 4 is 17.8 Å². The summed E-state index contributed by atoms with van der Waals surface area (Å²) in [6, 6.07) is 9.85. The largest absolute Gasteiger partial charge is 0.467 e. The molecule has 0 saturated heterocycles. The average Bonchev–Trinajstić information content (AvgIpc) is 3.41. The highest BCUT2D eigenvalue weighted by atomic mass is 16.3. The van der Waals surface area contributed by atoms with Gasteiger partial charge in [-0.15, -0.1) is 0 Å². The zero-order valence-corrected chi connectivity index (χ0v) is 19.4. The molecule has 2 atom stereocenters. The van der Waals surface area contributed by atoms with Crippen molar-refractivity contribution in [2.75, 3.05) is 13.6 Å². The van der Waals surface area contributed by atoms with E-state index in [0.717, 1.165) is 11.1 Å². The normalized spacial score (nSPS) is 19.1. The van der Waals surface area contributed by atoms with E-state index in [1.807, 2.05) is 45.0 Å². The van der Waals surface area contributed by atoms with Crippen molar-refractivity contribution in [2.45, 2.75) is 45.8 Å². The molecule has 0 saturated carbocycles. The first-order valence-electron chi connectivity index (χ1n) is 11.2. The lowest BCUT2D eigenvalue weighted by Gasteiger charge is -2.31. The van der Waals surface area contributed by atoms with Gasteiger partial charge in [-0.05, 0) is 37.0 Å². The number of hydrogen-bond acceptors (Lipinski definition) is 4. The number of hydrogen-bond donors (Lipinski definition) is 2. The number of benzene rings is 1. The number of likely N-dealkylation sites (N-methyl/N-ethyl adjacent to an activating group) is 1. The van der Waals surface area contributed by atoms with Gasteiger partial charge in [0, 0.05) is 7.05 Å². The molecule has 2 N–H and O–H groups in total. The van der Waals surface area contributed by atoms with E-state index in [9.17, 15) is 14.4 Å². The Kier molecular flexibility index (Phi) is 6.26. The summed E-state index contributed by atoms with van der Waals surface area (Å²) in [7, 11) is 1.66. The molecule has 1 aromatic heterocycles. The fourth-order valence-electron chi connectivity index (χ4n) is 4.47. The van der Waals surface area contributed by atoms with Gasteiger partial charge < -0.3 is 20.0 Å². The van der Waals surface area contributed by atoms with E-state index in [0.29, 0.717) is 23.5 Å². The summed E-state index contributed by atoms with van der Waals surface area (Å²) >= 11 is 0. The molecule has 3 heterocycles. The van der Waals surface area contributed by atoms with E-state index in [1.165, 1.54) is 4.90 Å². The number of rotatable bonds is 7. The molecule has 0 fully saturated rings. The standard InChI is InChI=1S/C25H30N4O4/c1-15(2)11-19(23(30)26-13-18-9-6-10-33-18)29-14-20-21(24(29)31)22(27-25(32)28(20)4)17-8-5-7-16(3)12-17/h5-10,12,15,19,22H,11,13-14H2,1-4H3,(H,26,30)(H,27,32). The summed E-state index contributed by atoms with van der Waals surface area (Å²) in [4.78, 5) is 42.7. The fourth-order valence-corrected chi connectivity index (χ4v) is 4.47. The number of furan rings is 1. The average molecular weight is 451 g/mol. The second kappa shape index (κ2) is 9.13. The molecule has 8 heteroatoms. The Morgan fingerprint density at radius 1 is 1.24 bits per heavy atom. The Morgan fingerprint density at radius 2 is 2.03 bits per heavy atom. The van der Waals surface area contributed by atoms with Crippen LogP contribution >= 0.6 is 0 Å². The van der Waals surface area contributed by atoms with E-state index >= 15 is 0 Å². The molecule has 4 amide bonds. The molecule has 8 nitrogen and oxygen atoms in total. The van der Waals surface area contributed by atoms with Crippen molar-refractivity contribution < 1.29 is 18.8 Å². The van der Waals surface area contributed by atoms with Crippen LogP contribution in [0.2, 0.25) is 0 Å². The van der Waals surface area contributed by atoms with Crippen LogP contribution in [-0.2, 0) is 16.1 Å². The number of nitrogens with zero attached hydrogens (tertiary/aromatic N) is 2. The first-order chi connectivity index (χ1) is 15.8. The number of urea groups is 1. The van der Waals surface area contributed by atoms with Gasteiger partial charge in [0.25, 0.3) is 5.91 Å². The Bertz CT molecular complexity index is 1090. The van der Waals surface area contributed by atoms with Gasteiger partial charge in [0.15, 0.2) is 0 Å². The molecule has 2 aromatic rings. The van der Waals surface area contributed by atoms with Gasteiger partial charge in [0.05, 0.1) is 36.7 Å². The van der Waals surface area contributed by atoms with Gasteiger partial charge >= 0.3 is 6.03 Å². The summed E-state index contributed by atoms with van der Waals surface area (Å²) < 4.78 is 5.31. The van der Waals surface area contributed by atoms with Crippen LogP contribution < -0.4 is 10.6 Å². The zero-order valence-electron chi connectivity index (χ0n) is 19.4. The summed E-state index contributed by atoms with van der Waals surface area (Å²) in [5.41, 5.74) is 3.06. The lowest BCUT2D eigenvalue weighted by Crippen LogP contribution is -2.49. The third kappa shape index (κ3) is 4.51. The van der Waals surface area contributed by atoms with Crippen LogP contribution in [0, 0.1) is 12.8 Å². The van der Waals surface area contributed by atoms with E-state index in [4.69, 9.17) is 4.42 Å². The molecule has 1 aromatic carbocycles. The molecular weight excluding hydrogens is 420 g/mol. The van der Waals surface area contributed by atoms with Crippen LogP contribution in [-0.4, -0.2) is 47.3 Å².